The van der Waals surface area contributed by atoms with Gasteiger partial charge in [0, 0.05) is 11.1 Å². The Hall–Kier alpha value is -3.78. The monoisotopic (exact) mass is 420 g/mol. The van der Waals surface area contributed by atoms with E-state index in [0.717, 1.165) is 16.8 Å². The summed E-state index contributed by atoms with van der Waals surface area (Å²) in [5.41, 5.74) is 7.18. The number of hydrogen-bond acceptors (Lipinski definition) is 5. The molecule has 0 saturated carbocycles. The summed E-state index contributed by atoms with van der Waals surface area (Å²) in [6.45, 7) is 3.75. The van der Waals surface area contributed by atoms with Crippen LogP contribution in [0.15, 0.2) is 54.6 Å². The first kappa shape index (κ1) is 19.5. The number of rotatable bonds is 3. The zero-order valence-corrected chi connectivity index (χ0v) is 16.9. The summed E-state index contributed by atoms with van der Waals surface area (Å²) in [6.07, 6.45) is 0. The molecule has 0 aliphatic carbocycles. The van der Waals surface area contributed by atoms with Crippen LogP contribution < -0.4 is 10.9 Å². The molecule has 0 spiro atoms. The molecule has 150 valence electrons. The van der Waals surface area contributed by atoms with Crippen molar-refractivity contribution in [1.82, 2.24) is 30.6 Å². The van der Waals surface area contributed by atoms with Crippen molar-refractivity contribution in [2.75, 3.05) is 0 Å². The average molecular weight is 421 g/mol. The number of benzene rings is 1. The predicted molar refractivity (Wildman–Crippen MR) is 113 cm³/mol. The summed E-state index contributed by atoms with van der Waals surface area (Å²) in [5, 5.41) is 5.41. The van der Waals surface area contributed by atoms with Gasteiger partial charge in [0.15, 0.2) is 11.5 Å². The summed E-state index contributed by atoms with van der Waals surface area (Å²) in [7, 11) is 0. The molecule has 1 aromatic carbocycles. The number of pyridine rings is 2. The number of fused-ring (bicyclic) bond motifs is 1. The number of carbonyl (C=O) groups excluding carboxylic acids is 2. The molecule has 3 heterocycles. The molecule has 0 aliphatic heterocycles. The Balaban J connectivity index is 1.51. The third-order valence-corrected chi connectivity index (χ3v) is 4.70. The fourth-order valence-electron chi connectivity index (χ4n) is 3.00. The number of amides is 2. The van der Waals surface area contributed by atoms with Crippen molar-refractivity contribution < 1.29 is 9.59 Å². The normalized spacial score (nSPS) is 10.8. The molecule has 4 rings (SSSR count). The molecule has 2 N–H and O–H groups in total. The number of hydrazine groups is 1. The predicted octanol–water partition coefficient (Wildman–Crippen LogP) is 3.16. The van der Waals surface area contributed by atoms with E-state index in [1.807, 2.05) is 38.1 Å². The second-order valence-electron chi connectivity index (χ2n) is 6.64. The van der Waals surface area contributed by atoms with E-state index in [1.165, 1.54) is 0 Å². The summed E-state index contributed by atoms with van der Waals surface area (Å²) in [5.74, 6) is -0.768. The smallest absolute Gasteiger partial charge is 0.266 e. The van der Waals surface area contributed by atoms with Gasteiger partial charge in [-0.3, -0.25) is 20.4 Å². The van der Waals surface area contributed by atoms with Crippen molar-refractivity contribution in [3.8, 4) is 5.82 Å². The molecular weight excluding hydrogens is 404 g/mol. The average Bonchev–Trinajstić information content (AvgIpc) is 3.09. The van der Waals surface area contributed by atoms with Gasteiger partial charge in [-0.15, -0.1) is 0 Å². The highest BCUT2D eigenvalue weighted by Crippen LogP contribution is 2.18. The molecule has 30 heavy (non-hydrogen) atoms. The maximum absolute atomic E-state index is 12.6. The molecule has 0 fully saturated rings. The SMILES string of the molecule is Cc1cc(C)n(-c2ccc(Cl)c(C(=O)NNC(=O)c3ccc4ccccc4n3)n2)n1. The van der Waals surface area contributed by atoms with Gasteiger partial charge in [0.2, 0.25) is 0 Å². The standard InChI is InChI=1S/C21H17ClN6O2/c1-12-11-13(2)28(27-12)18-10-8-15(22)19(24-18)21(30)26-25-20(29)17-9-7-14-5-3-4-6-16(14)23-17/h3-11H,1-2H3,(H,25,29)(H,26,30). The lowest BCUT2D eigenvalue weighted by atomic mass is 10.2. The highest BCUT2D eigenvalue weighted by Gasteiger charge is 2.17. The summed E-state index contributed by atoms with van der Waals surface area (Å²) < 4.78 is 1.61. The van der Waals surface area contributed by atoms with Gasteiger partial charge in [-0.2, -0.15) is 5.10 Å². The van der Waals surface area contributed by atoms with Crippen LogP contribution in [0.25, 0.3) is 16.7 Å². The minimum absolute atomic E-state index is 0.0338. The third-order valence-electron chi connectivity index (χ3n) is 4.39. The molecule has 0 unspecified atom stereocenters. The maximum atomic E-state index is 12.6. The number of halogens is 1. The minimum atomic E-state index is -0.655. The first-order valence-corrected chi connectivity index (χ1v) is 9.47. The van der Waals surface area contributed by atoms with Gasteiger partial charge < -0.3 is 0 Å². The van der Waals surface area contributed by atoms with Gasteiger partial charge in [-0.25, -0.2) is 14.6 Å². The van der Waals surface area contributed by atoms with Crippen LogP contribution >= 0.6 is 11.6 Å². The van der Waals surface area contributed by atoms with Crippen LogP contribution in [0.1, 0.15) is 32.4 Å². The Morgan fingerprint density at radius 2 is 1.70 bits per heavy atom. The number of aromatic nitrogens is 4. The van der Waals surface area contributed by atoms with Crippen LogP contribution in [0, 0.1) is 13.8 Å². The number of carbonyl (C=O) groups is 2. The van der Waals surface area contributed by atoms with Gasteiger partial charge >= 0.3 is 0 Å². The molecule has 9 heteroatoms. The molecule has 0 radical (unpaired) electrons. The van der Waals surface area contributed by atoms with Gasteiger partial charge in [-0.05, 0) is 44.2 Å². The van der Waals surface area contributed by atoms with Crippen molar-refractivity contribution in [3.63, 3.8) is 0 Å². The molecule has 0 aliphatic rings. The summed E-state index contributed by atoms with van der Waals surface area (Å²) in [4.78, 5) is 33.5. The number of hydrogen-bond donors (Lipinski definition) is 2. The summed E-state index contributed by atoms with van der Waals surface area (Å²) in [6, 6.07) is 15.9. The molecule has 8 nitrogen and oxygen atoms in total. The largest absolute Gasteiger partial charge is 0.289 e. The van der Waals surface area contributed by atoms with Crippen molar-refractivity contribution >= 4 is 34.3 Å². The van der Waals surface area contributed by atoms with E-state index in [9.17, 15) is 9.59 Å². The van der Waals surface area contributed by atoms with Crippen molar-refractivity contribution in [2.45, 2.75) is 13.8 Å². The Morgan fingerprint density at radius 1 is 0.933 bits per heavy atom. The lowest BCUT2D eigenvalue weighted by Gasteiger charge is -2.10. The van der Waals surface area contributed by atoms with Crippen molar-refractivity contribution in [3.05, 3.63) is 82.4 Å². The van der Waals surface area contributed by atoms with E-state index in [4.69, 9.17) is 11.6 Å². The van der Waals surface area contributed by atoms with Gasteiger partial charge in [0.1, 0.15) is 5.69 Å². The second-order valence-corrected chi connectivity index (χ2v) is 7.04. The molecule has 0 atom stereocenters. The number of nitrogens with one attached hydrogen (secondary N) is 2. The zero-order chi connectivity index (χ0) is 21.3. The Labute approximate surface area is 176 Å². The van der Waals surface area contributed by atoms with Gasteiger partial charge in [0.05, 0.1) is 16.2 Å². The quantitative estimate of drug-likeness (QED) is 0.496. The molecule has 2 amide bonds. The fraction of sp³-hybridized carbons (Fsp3) is 0.0952. The lowest BCUT2D eigenvalue weighted by Crippen LogP contribution is -2.42. The van der Waals surface area contributed by atoms with Crippen LogP contribution in [0.5, 0.6) is 0 Å². The van der Waals surface area contributed by atoms with Crippen LogP contribution in [-0.4, -0.2) is 31.6 Å². The molecule has 4 aromatic rings. The number of aryl methyl sites for hydroxylation is 2. The summed E-state index contributed by atoms with van der Waals surface area (Å²) >= 11 is 6.14. The van der Waals surface area contributed by atoms with Crippen LogP contribution in [-0.2, 0) is 0 Å². The van der Waals surface area contributed by atoms with Crippen molar-refractivity contribution in [2.24, 2.45) is 0 Å². The van der Waals surface area contributed by atoms with Crippen LogP contribution in [0.4, 0.5) is 0 Å². The Bertz CT molecular complexity index is 1280. The van der Waals surface area contributed by atoms with E-state index < -0.39 is 11.8 Å². The zero-order valence-electron chi connectivity index (χ0n) is 16.2. The Kier molecular flexibility index (Phi) is 5.16. The fourth-order valence-corrected chi connectivity index (χ4v) is 3.19. The van der Waals surface area contributed by atoms with Crippen LogP contribution in [0.2, 0.25) is 5.02 Å². The van der Waals surface area contributed by atoms with E-state index in [2.05, 4.69) is 25.9 Å². The maximum Gasteiger partial charge on any atom is 0.289 e. The second kappa shape index (κ2) is 7.92. The molecule has 3 aromatic heterocycles. The third kappa shape index (κ3) is 3.85. The Morgan fingerprint density at radius 3 is 2.47 bits per heavy atom. The van der Waals surface area contributed by atoms with Gasteiger partial charge in [0.25, 0.3) is 11.8 Å². The van der Waals surface area contributed by atoms with E-state index in [0.29, 0.717) is 11.3 Å². The van der Waals surface area contributed by atoms with E-state index in [1.54, 1.807) is 35.0 Å². The molecular formula is C21H17ClN6O2. The number of nitrogens with zero attached hydrogens (tertiary/aromatic N) is 4. The molecule has 0 saturated heterocycles. The number of para-hydroxylation sites is 1. The topological polar surface area (TPSA) is 102 Å². The van der Waals surface area contributed by atoms with E-state index in [-0.39, 0.29) is 16.4 Å². The highest BCUT2D eigenvalue weighted by molar-refractivity contribution is 6.33. The first-order valence-electron chi connectivity index (χ1n) is 9.09. The van der Waals surface area contributed by atoms with E-state index >= 15 is 0 Å². The minimum Gasteiger partial charge on any atom is -0.266 e. The first-order chi connectivity index (χ1) is 14.4. The highest BCUT2D eigenvalue weighted by atomic mass is 35.5. The van der Waals surface area contributed by atoms with Crippen LogP contribution in [0.3, 0.4) is 0 Å². The van der Waals surface area contributed by atoms with Crippen molar-refractivity contribution in [1.29, 1.82) is 0 Å². The molecule has 0 bridgehead atoms. The van der Waals surface area contributed by atoms with Gasteiger partial charge in [-0.1, -0.05) is 35.9 Å². The lowest BCUT2D eigenvalue weighted by molar-refractivity contribution is 0.0841.